The zero-order valence-electron chi connectivity index (χ0n) is 14.8. The fourth-order valence-corrected chi connectivity index (χ4v) is 3.23. The number of ether oxygens (including phenoxy) is 1. The van der Waals surface area contributed by atoms with Crippen molar-refractivity contribution >= 4 is 5.69 Å². The molecule has 26 heavy (non-hydrogen) atoms. The predicted octanol–water partition coefficient (Wildman–Crippen LogP) is 1.99. The molecule has 1 saturated heterocycles. The molecule has 0 amide bonds. The topological polar surface area (TPSA) is 59.3 Å². The molecule has 0 aliphatic carbocycles. The van der Waals surface area contributed by atoms with Gasteiger partial charge >= 0.3 is 0 Å². The Balaban J connectivity index is 1.38. The van der Waals surface area contributed by atoms with Crippen LogP contribution < -0.4 is 9.64 Å². The zero-order valence-corrected chi connectivity index (χ0v) is 14.8. The van der Waals surface area contributed by atoms with E-state index in [1.54, 1.807) is 7.11 Å². The van der Waals surface area contributed by atoms with E-state index in [9.17, 15) is 0 Å². The van der Waals surface area contributed by atoms with Gasteiger partial charge in [0.05, 0.1) is 19.3 Å². The summed E-state index contributed by atoms with van der Waals surface area (Å²) < 4.78 is 7.05. The average molecular weight is 350 g/mol. The Bertz CT molecular complexity index is 825. The number of rotatable bonds is 5. The van der Waals surface area contributed by atoms with Gasteiger partial charge in [0.2, 0.25) is 0 Å². The number of piperazine rings is 1. The van der Waals surface area contributed by atoms with E-state index in [1.807, 2.05) is 47.1 Å². The van der Waals surface area contributed by atoms with Crippen molar-refractivity contribution in [2.75, 3.05) is 38.2 Å². The zero-order chi connectivity index (χ0) is 17.8. The van der Waals surface area contributed by atoms with Crippen LogP contribution in [0.3, 0.4) is 0 Å². The van der Waals surface area contributed by atoms with E-state index in [4.69, 9.17) is 4.74 Å². The van der Waals surface area contributed by atoms with Gasteiger partial charge in [-0.3, -0.25) is 4.90 Å². The van der Waals surface area contributed by atoms with Crippen LogP contribution in [0.4, 0.5) is 5.69 Å². The fourth-order valence-electron chi connectivity index (χ4n) is 3.23. The summed E-state index contributed by atoms with van der Waals surface area (Å²) >= 11 is 0. The van der Waals surface area contributed by atoms with Gasteiger partial charge < -0.3 is 9.64 Å². The lowest BCUT2D eigenvalue weighted by molar-refractivity contribution is 0.242. The number of tetrazole rings is 1. The molecule has 2 aromatic carbocycles. The average Bonchev–Trinajstić information content (AvgIpc) is 3.17. The molecular weight excluding hydrogens is 328 g/mol. The number of hydrogen-bond donors (Lipinski definition) is 0. The molecule has 134 valence electrons. The molecule has 7 nitrogen and oxygen atoms in total. The molecule has 1 aromatic heterocycles. The van der Waals surface area contributed by atoms with Crippen LogP contribution in [0.15, 0.2) is 54.6 Å². The van der Waals surface area contributed by atoms with Crippen LogP contribution in [-0.4, -0.2) is 58.4 Å². The van der Waals surface area contributed by atoms with Crippen LogP contribution in [0.5, 0.6) is 5.75 Å². The van der Waals surface area contributed by atoms with Crippen molar-refractivity contribution < 1.29 is 4.74 Å². The molecule has 0 spiro atoms. The summed E-state index contributed by atoms with van der Waals surface area (Å²) in [5.74, 6) is 1.76. The number of methoxy groups -OCH3 is 1. The quantitative estimate of drug-likeness (QED) is 0.701. The third-order valence-corrected chi connectivity index (χ3v) is 4.71. The molecule has 7 heteroatoms. The van der Waals surface area contributed by atoms with E-state index in [2.05, 4.69) is 37.5 Å². The van der Waals surface area contributed by atoms with Gasteiger partial charge in [0, 0.05) is 31.9 Å². The van der Waals surface area contributed by atoms with Crippen LogP contribution in [0.1, 0.15) is 5.82 Å². The highest BCUT2D eigenvalue weighted by Gasteiger charge is 2.20. The summed E-state index contributed by atoms with van der Waals surface area (Å²) in [5.41, 5.74) is 2.23. The highest BCUT2D eigenvalue weighted by Crippen LogP contribution is 2.21. The van der Waals surface area contributed by atoms with Crippen LogP contribution in [0.25, 0.3) is 5.69 Å². The van der Waals surface area contributed by atoms with Crippen LogP contribution >= 0.6 is 0 Å². The minimum absolute atomic E-state index is 0.748. The third kappa shape index (κ3) is 3.52. The Morgan fingerprint density at radius 3 is 2.31 bits per heavy atom. The lowest BCUT2D eigenvalue weighted by Crippen LogP contribution is -2.46. The van der Waals surface area contributed by atoms with Crippen molar-refractivity contribution in [3.05, 3.63) is 60.4 Å². The Kier molecular flexibility index (Phi) is 4.79. The molecule has 1 fully saturated rings. The summed E-state index contributed by atoms with van der Waals surface area (Å²) in [6.45, 7) is 4.68. The first-order chi connectivity index (χ1) is 12.8. The van der Waals surface area contributed by atoms with Gasteiger partial charge in [-0.05, 0) is 46.8 Å². The number of para-hydroxylation sites is 1. The van der Waals surface area contributed by atoms with Crippen molar-refractivity contribution in [2.24, 2.45) is 0 Å². The van der Waals surface area contributed by atoms with Gasteiger partial charge in [-0.1, -0.05) is 18.2 Å². The molecule has 4 rings (SSSR count). The maximum absolute atomic E-state index is 5.23. The minimum atomic E-state index is 0.748. The largest absolute Gasteiger partial charge is 0.497 e. The lowest BCUT2D eigenvalue weighted by Gasteiger charge is -2.35. The van der Waals surface area contributed by atoms with E-state index in [0.717, 1.165) is 50.0 Å². The van der Waals surface area contributed by atoms with Crippen LogP contribution in [0.2, 0.25) is 0 Å². The first kappa shape index (κ1) is 16.5. The first-order valence-corrected chi connectivity index (χ1v) is 8.77. The monoisotopic (exact) mass is 350 g/mol. The number of anilines is 1. The van der Waals surface area contributed by atoms with Crippen molar-refractivity contribution in [1.29, 1.82) is 0 Å². The summed E-state index contributed by atoms with van der Waals surface area (Å²) in [6, 6.07) is 18.3. The van der Waals surface area contributed by atoms with Crippen molar-refractivity contribution in [1.82, 2.24) is 25.1 Å². The summed E-state index contributed by atoms with van der Waals surface area (Å²) in [7, 11) is 1.69. The smallest absolute Gasteiger partial charge is 0.170 e. The third-order valence-electron chi connectivity index (χ3n) is 4.71. The second-order valence-corrected chi connectivity index (χ2v) is 6.30. The van der Waals surface area contributed by atoms with Crippen LogP contribution in [0, 0.1) is 0 Å². The van der Waals surface area contributed by atoms with E-state index < -0.39 is 0 Å². The highest BCUT2D eigenvalue weighted by molar-refractivity contribution is 5.49. The van der Waals surface area contributed by atoms with Gasteiger partial charge in [-0.2, -0.15) is 4.68 Å². The molecule has 0 radical (unpaired) electrons. The van der Waals surface area contributed by atoms with Gasteiger partial charge in [0.15, 0.2) is 5.82 Å². The molecule has 0 bridgehead atoms. The van der Waals surface area contributed by atoms with Gasteiger partial charge in [-0.15, -0.1) is 5.10 Å². The van der Waals surface area contributed by atoms with E-state index >= 15 is 0 Å². The van der Waals surface area contributed by atoms with Gasteiger partial charge in [0.25, 0.3) is 0 Å². The standard InChI is InChI=1S/C19H22N6O/c1-26-18-9-7-16(8-10-18)24-13-11-23(12-14-24)15-19-20-21-22-25(19)17-5-3-2-4-6-17/h2-10H,11-15H2,1H3. The van der Waals surface area contributed by atoms with Crippen molar-refractivity contribution in [2.45, 2.75) is 6.54 Å². The number of aromatic nitrogens is 4. The van der Waals surface area contributed by atoms with E-state index in [0.29, 0.717) is 0 Å². The Hall–Kier alpha value is -2.93. The molecule has 0 atom stereocenters. The molecule has 0 N–H and O–H groups in total. The molecule has 1 aliphatic rings. The summed E-state index contributed by atoms with van der Waals surface area (Å²) in [5, 5.41) is 12.2. The SMILES string of the molecule is COc1ccc(N2CCN(Cc3nnnn3-c3ccccc3)CC2)cc1. The summed E-state index contributed by atoms with van der Waals surface area (Å²) in [4.78, 5) is 4.79. The minimum Gasteiger partial charge on any atom is -0.497 e. The van der Waals surface area contributed by atoms with Crippen molar-refractivity contribution in [3.63, 3.8) is 0 Å². The van der Waals surface area contributed by atoms with E-state index in [-0.39, 0.29) is 0 Å². The predicted molar refractivity (Wildman–Crippen MR) is 99.6 cm³/mol. The number of nitrogens with zero attached hydrogens (tertiary/aromatic N) is 6. The van der Waals surface area contributed by atoms with E-state index in [1.165, 1.54) is 5.69 Å². The second-order valence-electron chi connectivity index (χ2n) is 6.30. The summed E-state index contributed by atoms with van der Waals surface area (Å²) in [6.07, 6.45) is 0. The number of benzene rings is 2. The maximum Gasteiger partial charge on any atom is 0.170 e. The first-order valence-electron chi connectivity index (χ1n) is 8.77. The maximum atomic E-state index is 5.23. The normalized spacial score (nSPS) is 15.2. The Morgan fingerprint density at radius 1 is 0.885 bits per heavy atom. The molecule has 0 saturated carbocycles. The Morgan fingerprint density at radius 2 is 1.62 bits per heavy atom. The fraction of sp³-hybridized carbons (Fsp3) is 0.316. The molecule has 0 unspecified atom stereocenters. The highest BCUT2D eigenvalue weighted by atomic mass is 16.5. The molecule has 1 aliphatic heterocycles. The molecule has 2 heterocycles. The van der Waals surface area contributed by atoms with Crippen molar-refractivity contribution in [3.8, 4) is 11.4 Å². The van der Waals surface area contributed by atoms with Gasteiger partial charge in [0.1, 0.15) is 5.75 Å². The molecule has 3 aromatic rings. The molecular formula is C19H22N6O. The number of hydrogen-bond acceptors (Lipinski definition) is 6. The van der Waals surface area contributed by atoms with Crippen LogP contribution in [-0.2, 0) is 6.54 Å². The Labute approximate surface area is 152 Å². The van der Waals surface area contributed by atoms with Gasteiger partial charge in [-0.25, -0.2) is 0 Å². The lowest BCUT2D eigenvalue weighted by atomic mass is 10.2. The second kappa shape index (κ2) is 7.53.